The first-order chi connectivity index (χ1) is 19.8. The Bertz CT molecular complexity index is 1790. The van der Waals surface area contributed by atoms with Gasteiger partial charge in [-0.05, 0) is 67.4 Å². The van der Waals surface area contributed by atoms with Crippen molar-refractivity contribution in [1.82, 2.24) is 4.57 Å². The van der Waals surface area contributed by atoms with Crippen LogP contribution in [0.2, 0.25) is 0 Å². The summed E-state index contributed by atoms with van der Waals surface area (Å²) in [5.74, 6) is -0.312. The molecule has 1 aromatic heterocycles. The van der Waals surface area contributed by atoms with Crippen LogP contribution in [0.25, 0.3) is 6.08 Å². The maximum Gasteiger partial charge on any atom is 0.341 e. The number of carboxylic acids is 1. The zero-order valence-electron chi connectivity index (χ0n) is 22.4. The molecule has 2 heterocycles. The number of ether oxygens (including phenoxy) is 2. The van der Waals surface area contributed by atoms with Crippen molar-refractivity contribution in [2.75, 3.05) is 18.5 Å². The normalized spacial score (nSPS) is 14.7. The number of nitrogens with one attached hydrogen (secondary N) is 1. The predicted octanol–water partition coefficient (Wildman–Crippen LogP) is 3.74. The second-order valence-corrected chi connectivity index (χ2v) is 10.2. The third kappa shape index (κ3) is 6.12. The highest BCUT2D eigenvalue weighted by atomic mass is 32.1. The van der Waals surface area contributed by atoms with Crippen LogP contribution in [0.1, 0.15) is 31.0 Å². The van der Waals surface area contributed by atoms with Gasteiger partial charge in [0.15, 0.2) is 11.4 Å². The lowest BCUT2D eigenvalue weighted by Crippen LogP contribution is -2.40. The maximum absolute atomic E-state index is 13.9. The molecule has 2 N–H and O–H groups in total. The summed E-state index contributed by atoms with van der Waals surface area (Å²) in [5.41, 5.74) is 2.72. The Balaban J connectivity index is 1.57. The number of hydrogen-bond acceptors (Lipinski definition) is 7. The van der Waals surface area contributed by atoms with Gasteiger partial charge in [0, 0.05) is 5.69 Å². The number of fused-ring (bicyclic) bond motifs is 1. The van der Waals surface area contributed by atoms with Crippen LogP contribution >= 0.6 is 11.3 Å². The number of thiazole rings is 1. The van der Waals surface area contributed by atoms with E-state index in [1.54, 1.807) is 54.0 Å². The highest BCUT2D eigenvalue weighted by Gasteiger charge is 2.32. The van der Waals surface area contributed by atoms with Gasteiger partial charge in [-0.3, -0.25) is 14.2 Å². The molecule has 1 atom stereocenters. The molecule has 0 saturated heterocycles. The zero-order valence-corrected chi connectivity index (χ0v) is 23.2. The Morgan fingerprint density at radius 2 is 1.66 bits per heavy atom. The van der Waals surface area contributed by atoms with Crippen LogP contribution in [0.3, 0.4) is 0 Å². The van der Waals surface area contributed by atoms with Crippen LogP contribution in [0.15, 0.2) is 99.9 Å². The van der Waals surface area contributed by atoms with Crippen molar-refractivity contribution in [3.8, 4) is 11.5 Å². The van der Waals surface area contributed by atoms with Crippen molar-refractivity contribution in [1.29, 1.82) is 0 Å². The molecule has 208 valence electrons. The standard InChI is InChI=1S/C31H27N3O6S/c1-3-39-23-15-11-21(12-16-23)28-27(29(37)33-22-7-5-4-6-8-22)19(2)32-31-34(28)30(38)25(41-31)17-20-9-13-24(14-10-20)40-18-26(35)36/h4-17,28H,3,18H2,1-2H3,(H,33,37)(H,35,36)/b25-17-/t28-/m0/s1. The van der Waals surface area contributed by atoms with Gasteiger partial charge in [0.05, 0.1) is 28.5 Å². The first kappa shape index (κ1) is 27.6. The largest absolute Gasteiger partial charge is 0.494 e. The summed E-state index contributed by atoms with van der Waals surface area (Å²) in [4.78, 5) is 43.4. The van der Waals surface area contributed by atoms with Crippen molar-refractivity contribution in [3.63, 3.8) is 0 Å². The van der Waals surface area contributed by atoms with Crippen LogP contribution < -0.4 is 29.7 Å². The van der Waals surface area contributed by atoms with E-state index in [-0.39, 0.29) is 11.5 Å². The fraction of sp³-hybridized carbons (Fsp3) is 0.161. The molecule has 41 heavy (non-hydrogen) atoms. The lowest BCUT2D eigenvalue weighted by atomic mass is 9.95. The van der Waals surface area contributed by atoms with E-state index in [0.29, 0.717) is 44.4 Å². The molecule has 0 unspecified atom stereocenters. The molecule has 0 fully saturated rings. The van der Waals surface area contributed by atoms with Gasteiger partial charge in [-0.2, -0.15) is 0 Å². The van der Waals surface area contributed by atoms with Gasteiger partial charge in [-0.1, -0.05) is 53.8 Å². The zero-order chi connectivity index (χ0) is 28.9. The number of nitrogens with zero attached hydrogens (tertiary/aromatic N) is 2. The van der Waals surface area contributed by atoms with E-state index in [0.717, 1.165) is 11.1 Å². The quantitative estimate of drug-likeness (QED) is 0.317. The molecule has 9 nitrogen and oxygen atoms in total. The minimum atomic E-state index is -1.07. The van der Waals surface area contributed by atoms with Crippen LogP contribution in [-0.2, 0) is 9.59 Å². The monoisotopic (exact) mass is 569 g/mol. The molecule has 1 aliphatic heterocycles. The number of rotatable bonds is 9. The van der Waals surface area contributed by atoms with Crippen molar-refractivity contribution in [2.24, 2.45) is 4.99 Å². The molecule has 10 heteroatoms. The van der Waals surface area contributed by atoms with E-state index in [1.807, 2.05) is 49.4 Å². The molecule has 5 rings (SSSR count). The number of carboxylic acid groups (broad SMARTS) is 1. The summed E-state index contributed by atoms with van der Waals surface area (Å²) in [6, 6.07) is 22.6. The summed E-state index contributed by atoms with van der Waals surface area (Å²) in [6.07, 6.45) is 1.74. The number of anilines is 1. The number of amides is 1. The Kier molecular flexibility index (Phi) is 8.11. The summed E-state index contributed by atoms with van der Waals surface area (Å²) in [7, 11) is 0. The van der Waals surface area contributed by atoms with E-state index in [2.05, 4.69) is 10.3 Å². The average Bonchev–Trinajstić information content (AvgIpc) is 3.27. The number of hydrogen-bond donors (Lipinski definition) is 2. The number of allylic oxidation sites excluding steroid dienone is 1. The smallest absolute Gasteiger partial charge is 0.341 e. The molecule has 3 aromatic carbocycles. The maximum atomic E-state index is 13.9. The van der Waals surface area contributed by atoms with Crippen molar-refractivity contribution >= 4 is 35.0 Å². The van der Waals surface area contributed by atoms with Gasteiger partial charge >= 0.3 is 5.97 Å². The Hall–Kier alpha value is -4.96. The van der Waals surface area contributed by atoms with E-state index < -0.39 is 18.6 Å². The van der Waals surface area contributed by atoms with Crippen LogP contribution in [0.5, 0.6) is 11.5 Å². The lowest BCUT2D eigenvalue weighted by molar-refractivity contribution is -0.139. The van der Waals surface area contributed by atoms with Gasteiger partial charge in [0.2, 0.25) is 0 Å². The van der Waals surface area contributed by atoms with E-state index in [4.69, 9.17) is 14.6 Å². The first-order valence-corrected chi connectivity index (χ1v) is 13.7. The summed E-state index contributed by atoms with van der Waals surface area (Å²) in [5, 5.41) is 11.8. The number of para-hydroxylation sites is 1. The highest BCUT2D eigenvalue weighted by Crippen LogP contribution is 2.31. The molecule has 0 aliphatic carbocycles. The highest BCUT2D eigenvalue weighted by molar-refractivity contribution is 7.07. The number of carbonyl (C=O) groups is 2. The van der Waals surface area contributed by atoms with Crippen molar-refractivity contribution < 1.29 is 24.2 Å². The van der Waals surface area contributed by atoms with Gasteiger partial charge in [0.1, 0.15) is 11.5 Å². The van der Waals surface area contributed by atoms with E-state index in [9.17, 15) is 14.4 Å². The number of benzene rings is 3. The molecular weight excluding hydrogens is 542 g/mol. The third-order valence-corrected chi connectivity index (χ3v) is 7.33. The molecule has 1 amide bonds. The lowest BCUT2D eigenvalue weighted by Gasteiger charge is -2.25. The SMILES string of the molecule is CCOc1ccc([C@H]2C(C(=O)Nc3ccccc3)=C(C)N=c3s/c(=C\c4ccc(OCC(=O)O)cc4)c(=O)n32)cc1. The van der Waals surface area contributed by atoms with Crippen molar-refractivity contribution in [3.05, 3.63) is 121 Å². The fourth-order valence-electron chi connectivity index (χ4n) is 4.52. The molecule has 0 spiro atoms. The van der Waals surface area contributed by atoms with Gasteiger partial charge in [-0.25, -0.2) is 9.79 Å². The molecule has 4 aromatic rings. The number of aromatic nitrogens is 1. The van der Waals surface area contributed by atoms with E-state index >= 15 is 0 Å². The molecule has 0 saturated carbocycles. The fourth-order valence-corrected chi connectivity index (χ4v) is 5.56. The molecular formula is C31H27N3O6S. The topological polar surface area (TPSA) is 119 Å². The molecule has 0 bridgehead atoms. The van der Waals surface area contributed by atoms with Crippen LogP contribution in [0, 0.1) is 0 Å². The third-order valence-electron chi connectivity index (χ3n) is 6.34. The Morgan fingerprint density at radius 1 is 1.00 bits per heavy atom. The second-order valence-electron chi connectivity index (χ2n) is 9.16. The molecule has 0 radical (unpaired) electrons. The summed E-state index contributed by atoms with van der Waals surface area (Å²) in [6.45, 7) is 3.75. The minimum absolute atomic E-state index is 0.281. The van der Waals surface area contributed by atoms with E-state index in [1.165, 1.54) is 11.3 Å². The first-order valence-electron chi connectivity index (χ1n) is 12.9. The van der Waals surface area contributed by atoms with Crippen LogP contribution in [-0.4, -0.2) is 34.8 Å². The van der Waals surface area contributed by atoms with Crippen LogP contribution in [0.4, 0.5) is 5.69 Å². The number of aliphatic carboxylic acids is 1. The van der Waals surface area contributed by atoms with Gasteiger partial charge < -0.3 is 19.9 Å². The predicted molar refractivity (Wildman–Crippen MR) is 156 cm³/mol. The summed E-state index contributed by atoms with van der Waals surface area (Å²) < 4.78 is 12.8. The second kappa shape index (κ2) is 12.1. The minimum Gasteiger partial charge on any atom is -0.494 e. The van der Waals surface area contributed by atoms with Gasteiger partial charge in [0.25, 0.3) is 11.5 Å². The summed E-state index contributed by atoms with van der Waals surface area (Å²) >= 11 is 1.24. The Morgan fingerprint density at radius 3 is 2.32 bits per heavy atom. The van der Waals surface area contributed by atoms with Crippen molar-refractivity contribution in [2.45, 2.75) is 19.9 Å². The molecule has 1 aliphatic rings. The number of carbonyl (C=O) groups excluding carboxylic acids is 1. The van der Waals surface area contributed by atoms with Gasteiger partial charge in [-0.15, -0.1) is 0 Å². The Labute approximate surface area is 239 Å². The average molecular weight is 570 g/mol.